The standard InChI is InChI=1S/C14H20BrNO2/c1-4-18-12-9-10(8-11(15)13(12)17-3)14(2)6-5-7-16-14/h8-9,16H,4-7H2,1-3H3. The highest BCUT2D eigenvalue weighted by Gasteiger charge is 2.31. The molecule has 1 aromatic rings. The number of ether oxygens (including phenoxy) is 2. The first-order valence-corrected chi connectivity index (χ1v) is 7.16. The molecule has 3 nitrogen and oxygen atoms in total. The van der Waals surface area contributed by atoms with Crippen molar-refractivity contribution in [3.63, 3.8) is 0 Å². The lowest BCUT2D eigenvalue weighted by atomic mass is 9.90. The number of methoxy groups -OCH3 is 1. The third-order valence-electron chi connectivity index (χ3n) is 3.52. The average Bonchev–Trinajstić information content (AvgIpc) is 2.77. The van der Waals surface area contributed by atoms with Crippen molar-refractivity contribution in [1.82, 2.24) is 5.32 Å². The number of hydrogen-bond acceptors (Lipinski definition) is 3. The van der Waals surface area contributed by atoms with E-state index in [9.17, 15) is 0 Å². The van der Waals surface area contributed by atoms with Gasteiger partial charge in [0.2, 0.25) is 0 Å². The van der Waals surface area contributed by atoms with Gasteiger partial charge in [0.25, 0.3) is 0 Å². The number of rotatable bonds is 4. The van der Waals surface area contributed by atoms with E-state index >= 15 is 0 Å². The lowest BCUT2D eigenvalue weighted by molar-refractivity contribution is 0.307. The van der Waals surface area contributed by atoms with Gasteiger partial charge in [-0.2, -0.15) is 0 Å². The van der Waals surface area contributed by atoms with Crippen LogP contribution in [0.4, 0.5) is 0 Å². The van der Waals surface area contributed by atoms with Gasteiger partial charge in [-0.1, -0.05) is 0 Å². The number of nitrogens with one attached hydrogen (secondary N) is 1. The molecule has 1 aliphatic rings. The maximum Gasteiger partial charge on any atom is 0.174 e. The first-order chi connectivity index (χ1) is 8.60. The van der Waals surface area contributed by atoms with Gasteiger partial charge in [0.05, 0.1) is 18.2 Å². The highest BCUT2D eigenvalue weighted by atomic mass is 79.9. The lowest BCUT2D eigenvalue weighted by Crippen LogP contribution is -2.33. The van der Waals surface area contributed by atoms with Gasteiger partial charge < -0.3 is 14.8 Å². The van der Waals surface area contributed by atoms with E-state index in [1.165, 1.54) is 12.0 Å². The zero-order valence-electron chi connectivity index (χ0n) is 11.2. The molecular weight excluding hydrogens is 294 g/mol. The predicted molar refractivity (Wildman–Crippen MR) is 76.5 cm³/mol. The van der Waals surface area contributed by atoms with Crippen molar-refractivity contribution >= 4 is 15.9 Å². The Balaban J connectivity index is 2.43. The Morgan fingerprint density at radius 2 is 2.22 bits per heavy atom. The zero-order valence-corrected chi connectivity index (χ0v) is 12.8. The number of benzene rings is 1. The Hall–Kier alpha value is -0.740. The smallest absolute Gasteiger partial charge is 0.174 e. The van der Waals surface area contributed by atoms with Crippen LogP contribution in [0.2, 0.25) is 0 Å². The molecule has 2 rings (SSSR count). The van der Waals surface area contributed by atoms with E-state index in [4.69, 9.17) is 9.47 Å². The van der Waals surface area contributed by atoms with Gasteiger partial charge in [0.1, 0.15) is 0 Å². The van der Waals surface area contributed by atoms with Crippen molar-refractivity contribution in [3.05, 3.63) is 22.2 Å². The molecule has 1 atom stereocenters. The van der Waals surface area contributed by atoms with Gasteiger partial charge in [-0.25, -0.2) is 0 Å². The highest BCUT2D eigenvalue weighted by molar-refractivity contribution is 9.10. The second-order valence-electron chi connectivity index (χ2n) is 4.78. The minimum atomic E-state index is 0.0423. The van der Waals surface area contributed by atoms with E-state index in [0.29, 0.717) is 6.61 Å². The molecular formula is C14H20BrNO2. The molecule has 1 aliphatic heterocycles. The van der Waals surface area contributed by atoms with Gasteiger partial charge in [-0.3, -0.25) is 0 Å². The Bertz CT molecular complexity index is 428. The molecule has 0 aromatic heterocycles. The maximum absolute atomic E-state index is 5.67. The summed E-state index contributed by atoms with van der Waals surface area (Å²) in [5.74, 6) is 1.57. The monoisotopic (exact) mass is 313 g/mol. The van der Waals surface area contributed by atoms with E-state index in [-0.39, 0.29) is 5.54 Å². The Kier molecular flexibility index (Phi) is 4.17. The quantitative estimate of drug-likeness (QED) is 0.923. The van der Waals surface area contributed by atoms with Gasteiger partial charge >= 0.3 is 0 Å². The summed E-state index contributed by atoms with van der Waals surface area (Å²) in [6.07, 6.45) is 2.36. The third-order valence-corrected chi connectivity index (χ3v) is 4.11. The summed E-state index contributed by atoms with van der Waals surface area (Å²) in [7, 11) is 1.66. The number of hydrogen-bond donors (Lipinski definition) is 1. The molecule has 100 valence electrons. The van der Waals surface area contributed by atoms with Crippen molar-refractivity contribution in [3.8, 4) is 11.5 Å². The summed E-state index contributed by atoms with van der Waals surface area (Å²) < 4.78 is 12.0. The van der Waals surface area contributed by atoms with E-state index in [2.05, 4.69) is 40.3 Å². The van der Waals surface area contributed by atoms with Gasteiger partial charge in [-0.05, 0) is 66.9 Å². The summed E-state index contributed by atoms with van der Waals surface area (Å²) in [5.41, 5.74) is 1.29. The van der Waals surface area contributed by atoms with Gasteiger partial charge in [0.15, 0.2) is 11.5 Å². The van der Waals surface area contributed by atoms with E-state index < -0.39 is 0 Å². The molecule has 18 heavy (non-hydrogen) atoms. The summed E-state index contributed by atoms with van der Waals surface area (Å²) in [4.78, 5) is 0. The fraction of sp³-hybridized carbons (Fsp3) is 0.571. The van der Waals surface area contributed by atoms with E-state index in [0.717, 1.165) is 28.9 Å². The van der Waals surface area contributed by atoms with Crippen LogP contribution in [0.1, 0.15) is 32.3 Å². The first-order valence-electron chi connectivity index (χ1n) is 6.36. The fourth-order valence-electron chi connectivity index (χ4n) is 2.49. The summed E-state index contributed by atoms with van der Waals surface area (Å²) in [5, 5.41) is 3.57. The van der Waals surface area contributed by atoms with Crippen molar-refractivity contribution in [2.75, 3.05) is 20.3 Å². The summed E-state index contributed by atoms with van der Waals surface area (Å²) in [6.45, 7) is 5.93. The van der Waals surface area contributed by atoms with Crippen LogP contribution < -0.4 is 14.8 Å². The average molecular weight is 314 g/mol. The van der Waals surface area contributed by atoms with Gasteiger partial charge in [0, 0.05) is 5.54 Å². The van der Waals surface area contributed by atoms with Crippen LogP contribution in [0.25, 0.3) is 0 Å². The minimum absolute atomic E-state index is 0.0423. The highest BCUT2D eigenvalue weighted by Crippen LogP contribution is 2.41. The molecule has 1 heterocycles. The topological polar surface area (TPSA) is 30.5 Å². The number of halogens is 1. The molecule has 0 radical (unpaired) electrons. The Morgan fingerprint density at radius 3 is 2.78 bits per heavy atom. The van der Waals surface area contributed by atoms with Crippen LogP contribution in [0, 0.1) is 0 Å². The van der Waals surface area contributed by atoms with Crippen LogP contribution in [0.5, 0.6) is 11.5 Å². The fourth-order valence-corrected chi connectivity index (χ4v) is 3.09. The third kappa shape index (κ3) is 2.50. The Morgan fingerprint density at radius 1 is 1.44 bits per heavy atom. The SMILES string of the molecule is CCOc1cc(C2(C)CCCN2)cc(Br)c1OC. The molecule has 1 unspecified atom stereocenters. The molecule has 0 saturated carbocycles. The lowest BCUT2D eigenvalue weighted by Gasteiger charge is -2.26. The maximum atomic E-state index is 5.67. The minimum Gasteiger partial charge on any atom is -0.492 e. The van der Waals surface area contributed by atoms with Crippen LogP contribution in [-0.2, 0) is 5.54 Å². The van der Waals surface area contributed by atoms with Crippen LogP contribution in [0.15, 0.2) is 16.6 Å². The van der Waals surface area contributed by atoms with Crippen molar-refractivity contribution < 1.29 is 9.47 Å². The first kappa shape index (κ1) is 13.7. The molecule has 4 heteroatoms. The summed E-state index contributed by atoms with van der Waals surface area (Å²) >= 11 is 3.57. The van der Waals surface area contributed by atoms with Crippen LogP contribution in [-0.4, -0.2) is 20.3 Å². The second kappa shape index (κ2) is 5.49. The molecule has 1 saturated heterocycles. The van der Waals surface area contributed by atoms with E-state index in [1.54, 1.807) is 7.11 Å². The normalized spacial score (nSPS) is 23.1. The predicted octanol–water partition coefficient (Wildman–Crippen LogP) is 3.46. The van der Waals surface area contributed by atoms with Crippen LogP contribution in [0.3, 0.4) is 0 Å². The van der Waals surface area contributed by atoms with Crippen molar-refractivity contribution in [1.29, 1.82) is 0 Å². The molecule has 0 aliphatic carbocycles. The summed E-state index contributed by atoms with van der Waals surface area (Å²) in [6, 6.07) is 4.21. The zero-order chi connectivity index (χ0) is 13.2. The molecule has 1 aromatic carbocycles. The molecule has 0 bridgehead atoms. The molecule has 0 amide bonds. The molecule has 0 spiro atoms. The molecule has 1 fully saturated rings. The largest absolute Gasteiger partial charge is 0.492 e. The van der Waals surface area contributed by atoms with E-state index in [1.807, 2.05) is 6.92 Å². The molecule has 1 N–H and O–H groups in total. The van der Waals surface area contributed by atoms with Gasteiger partial charge in [-0.15, -0.1) is 0 Å². The second-order valence-corrected chi connectivity index (χ2v) is 5.64. The Labute approximate surface area is 117 Å². The van der Waals surface area contributed by atoms with Crippen molar-refractivity contribution in [2.45, 2.75) is 32.2 Å². The van der Waals surface area contributed by atoms with Crippen molar-refractivity contribution in [2.24, 2.45) is 0 Å². The van der Waals surface area contributed by atoms with Crippen LogP contribution >= 0.6 is 15.9 Å².